The van der Waals surface area contributed by atoms with Gasteiger partial charge in [0.1, 0.15) is 0 Å². The second-order valence-corrected chi connectivity index (χ2v) is 6.20. The van der Waals surface area contributed by atoms with Gasteiger partial charge in [-0.1, -0.05) is 25.7 Å². The van der Waals surface area contributed by atoms with Gasteiger partial charge in [0.25, 0.3) is 0 Å². The van der Waals surface area contributed by atoms with Crippen molar-refractivity contribution in [3.05, 3.63) is 0 Å². The fourth-order valence-corrected chi connectivity index (χ4v) is 3.34. The molecule has 2 fully saturated rings. The molecule has 0 spiro atoms. The van der Waals surface area contributed by atoms with Gasteiger partial charge in [0.05, 0.1) is 0 Å². The molecule has 4 heteroatoms. The standard InChI is InChI=1S/C15H29N3O/c16-13-8-7-12(11-13)15(19)18-10-9-17-14-5-3-1-2-4-6-14/h12-14,17H,1-11,16H2,(H,18,19). The van der Waals surface area contributed by atoms with Crippen LogP contribution in [0.1, 0.15) is 57.8 Å². The number of hydrogen-bond donors (Lipinski definition) is 3. The minimum Gasteiger partial charge on any atom is -0.355 e. The molecule has 19 heavy (non-hydrogen) atoms. The van der Waals surface area contributed by atoms with Crippen molar-refractivity contribution in [2.75, 3.05) is 13.1 Å². The third-order valence-electron chi connectivity index (χ3n) is 4.56. The highest BCUT2D eigenvalue weighted by Crippen LogP contribution is 2.23. The Balaban J connectivity index is 1.54. The topological polar surface area (TPSA) is 67.2 Å². The highest BCUT2D eigenvalue weighted by Gasteiger charge is 2.27. The first-order valence-corrected chi connectivity index (χ1v) is 8.02. The first kappa shape index (κ1) is 14.8. The molecule has 110 valence electrons. The van der Waals surface area contributed by atoms with E-state index in [4.69, 9.17) is 5.73 Å². The zero-order valence-electron chi connectivity index (χ0n) is 12.0. The van der Waals surface area contributed by atoms with Crippen molar-refractivity contribution in [1.82, 2.24) is 10.6 Å². The first-order chi connectivity index (χ1) is 9.25. The summed E-state index contributed by atoms with van der Waals surface area (Å²) in [7, 11) is 0. The minimum atomic E-state index is 0.160. The second-order valence-electron chi connectivity index (χ2n) is 6.20. The molecule has 2 aliphatic rings. The van der Waals surface area contributed by atoms with Gasteiger partial charge < -0.3 is 16.4 Å². The number of nitrogens with two attached hydrogens (primary N) is 1. The summed E-state index contributed by atoms with van der Waals surface area (Å²) in [5.41, 5.74) is 5.84. The highest BCUT2D eigenvalue weighted by atomic mass is 16.1. The molecule has 0 aliphatic heterocycles. The van der Waals surface area contributed by atoms with E-state index >= 15 is 0 Å². The highest BCUT2D eigenvalue weighted by molar-refractivity contribution is 5.78. The van der Waals surface area contributed by atoms with E-state index in [1.54, 1.807) is 0 Å². The van der Waals surface area contributed by atoms with Gasteiger partial charge in [0.2, 0.25) is 5.91 Å². The summed E-state index contributed by atoms with van der Waals surface area (Å²) in [6.45, 7) is 1.65. The van der Waals surface area contributed by atoms with Gasteiger partial charge in [-0.2, -0.15) is 0 Å². The molecule has 2 rings (SSSR count). The summed E-state index contributed by atoms with van der Waals surface area (Å²) in [6.07, 6.45) is 10.9. The van der Waals surface area contributed by atoms with E-state index < -0.39 is 0 Å². The van der Waals surface area contributed by atoms with Crippen LogP contribution in [-0.2, 0) is 4.79 Å². The van der Waals surface area contributed by atoms with Gasteiger partial charge in [-0.3, -0.25) is 4.79 Å². The molecule has 0 saturated heterocycles. The molecule has 0 aromatic heterocycles. The van der Waals surface area contributed by atoms with Crippen molar-refractivity contribution in [2.24, 2.45) is 11.7 Å². The van der Waals surface area contributed by atoms with Gasteiger partial charge in [-0.15, -0.1) is 0 Å². The molecule has 0 aromatic rings. The van der Waals surface area contributed by atoms with Gasteiger partial charge >= 0.3 is 0 Å². The van der Waals surface area contributed by atoms with Crippen molar-refractivity contribution in [2.45, 2.75) is 69.9 Å². The number of carbonyl (C=O) groups is 1. The normalized spacial score (nSPS) is 29.1. The summed E-state index contributed by atoms with van der Waals surface area (Å²) in [5, 5.41) is 6.62. The van der Waals surface area contributed by atoms with Crippen LogP contribution in [0.15, 0.2) is 0 Å². The fourth-order valence-electron chi connectivity index (χ4n) is 3.34. The predicted octanol–water partition coefficient (Wildman–Crippen LogP) is 1.54. The number of amides is 1. The fraction of sp³-hybridized carbons (Fsp3) is 0.933. The summed E-state index contributed by atoms with van der Waals surface area (Å²) >= 11 is 0. The van der Waals surface area contributed by atoms with Crippen LogP contribution in [0.5, 0.6) is 0 Å². The lowest BCUT2D eigenvalue weighted by molar-refractivity contribution is -0.124. The summed E-state index contributed by atoms with van der Waals surface area (Å²) in [5.74, 6) is 0.364. The Morgan fingerprint density at radius 2 is 1.74 bits per heavy atom. The van der Waals surface area contributed by atoms with E-state index in [1.165, 1.54) is 38.5 Å². The lowest BCUT2D eigenvalue weighted by Crippen LogP contribution is -2.38. The Morgan fingerprint density at radius 1 is 1.00 bits per heavy atom. The SMILES string of the molecule is NC1CCC(C(=O)NCCNC2CCCCCC2)C1. The summed E-state index contributed by atoms with van der Waals surface area (Å²) in [6, 6.07) is 0.902. The molecule has 2 aliphatic carbocycles. The van der Waals surface area contributed by atoms with Gasteiger partial charge in [-0.25, -0.2) is 0 Å². The average Bonchev–Trinajstić information content (AvgIpc) is 2.68. The quantitative estimate of drug-likeness (QED) is 0.523. The first-order valence-electron chi connectivity index (χ1n) is 8.02. The molecule has 0 aromatic carbocycles. The monoisotopic (exact) mass is 267 g/mol. The van der Waals surface area contributed by atoms with E-state index in [2.05, 4.69) is 10.6 Å². The number of hydrogen-bond acceptors (Lipinski definition) is 3. The molecule has 4 N–H and O–H groups in total. The van der Waals surface area contributed by atoms with Crippen molar-refractivity contribution in [3.8, 4) is 0 Å². The van der Waals surface area contributed by atoms with E-state index in [1.807, 2.05) is 0 Å². The average molecular weight is 267 g/mol. The maximum absolute atomic E-state index is 11.9. The van der Waals surface area contributed by atoms with Crippen molar-refractivity contribution >= 4 is 5.91 Å². The van der Waals surface area contributed by atoms with Crippen LogP contribution in [0.25, 0.3) is 0 Å². The predicted molar refractivity (Wildman–Crippen MR) is 77.8 cm³/mol. The molecular formula is C15H29N3O. The minimum absolute atomic E-state index is 0.160. The van der Waals surface area contributed by atoms with Crippen molar-refractivity contribution in [3.63, 3.8) is 0 Å². The van der Waals surface area contributed by atoms with E-state index in [0.717, 1.165) is 32.4 Å². The van der Waals surface area contributed by atoms with Crippen LogP contribution in [-0.4, -0.2) is 31.1 Å². The van der Waals surface area contributed by atoms with E-state index in [0.29, 0.717) is 6.04 Å². The largest absolute Gasteiger partial charge is 0.355 e. The zero-order chi connectivity index (χ0) is 13.5. The molecule has 4 nitrogen and oxygen atoms in total. The van der Waals surface area contributed by atoms with Crippen LogP contribution in [0, 0.1) is 5.92 Å². The summed E-state index contributed by atoms with van der Waals surface area (Å²) in [4.78, 5) is 11.9. The van der Waals surface area contributed by atoms with Gasteiger partial charge in [0, 0.05) is 31.1 Å². The Bertz CT molecular complexity index is 275. The molecule has 2 unspecified atom stereocenters. The molecule has 0 bridgehead atoms. The number of rotatable bonds is 5. The molecule has 0 radical (unpaired) electrons. The van der Waals surface area contributed by atoms with Gasteiger partial charge in [-0.05, 0) is 32.1 Å². The van der Waals surface area contributed by atoms with E-state index in [-0.39, 0.29) is 17.9 Å². The number of carbonyl (C=O) groups excluding carboxylic acids is 1. The van der Waals surface area contributed by atoms with Gasteiger partial charge in [0.15, 0.2) is 0 Å². The molecule has 0 heterocycles. The van der Waals surface area contributed by atoms with Crippen LogP contribution in [0.2, 0.25) is 0 Å². The van der Waals surface area contributed by atoms with Crippen LogP contribution < -0.4 is 16.4 Å². The molecule has 2 saturated carbocycles. The maximum atomic E-state index is 11.9. The molecule has 1 amide bonds. The zero-order valence-corrected chi connectivity index (χ0v) is 12.0. The Morgan fingerprint density at radius 3 is 2.37 bits per heavy atom. The number of nitrogens with one attached hydrogen (secondary N) is 2. The molecule has 2 atom stereocenters. The van der Waals surface area contributed by atoms with Crippen molar-refractivity contribution < 1.29 is 4.79 Å². The smallest absolute Gasteiger partial charge is 0.223 e. The lowest BCUT2D eigenvalue weighted by atomic mass is 10.1. The van der Waals surface area contributed by atoms with E-state index in [9.17, 15) is 4.79 Å². The summed E-state index contributed by atoms with van der Waals surface area (Å²) < 4.78 is 0. The Hall–Kier alpha value is -0.610. The van der Waals surface area contributed by atoms with Crippen molar-refractivity contribution in [1.29, 1.82) is 0 Å². The lowest BCUT2D eigenvalue weighted by Gasteiger charge is -2.17. The third-order valence-corrected chi connectivity index (χ3v) is 4.56. The van der Waals surface area contributed by atoms with Crippen LogP contribution in [0.3, 0.4) is 0 Å². The van der Waals surface area contributed by atoms with Crippen LogP contribution >= 0.6 is 0 Å². The Kier molecular flexibility index (Phi) is 6.11. The Labute approximate surface area is 116 Å². The third kappa shape index (κ3) is 5.11. The second kappa shape index (κ2) is 7.85. The maximum Gasteiger partial charge on any atom is 0.223 e. The molecular weight excluding hydrogens is 238 g/mol. The van der Waals surface area contributed by atoms with Crippen LogP contribution in [0.4, 0.5) is 0 Å².